The molecule has 10 heavy (non-hydrogen) atoms. The number of fused-ring (bicyclic) bond motifs is 3. The van der Waals surface area contributed by atoms with Crippen molar-refractivity contribution in [2.24, 2.45) is 5.92 Å². The molecule has 3 fully saturated rings. The average Bonchev–Trinajstić information content (AvgIpc) is 1.91. The third-order valence-electron chi connectivity index (χ3n) is 3.11. The second-order valence-electron chi connectivity index (χ2n) is 3.77. The fourth-order valence-electron chi connectivity index (χ4n) is 2.35. The van der Waals surface area contributed by atoms with Gasteiger partial charge in [0.25, 0.3) is 0 Å². The van der Waals surface area contributed by atoms with Crippen LogP contribution in [0.15, 0.2) is 0 Å². The molecule has 57 valence electrons. The van der Waals surface area contributed by atoms with Crippen molar-refractivity contribution in [2.45, 2.75) is 31.3 Å². The van der Waals surface area contributed by atoms with E-state index >= 15 is 0 Å². The van der Waals surface area contributed by atoms with Gasteiger partial charge in [0.2, 0.25) is 0 Å². The van der Waals surface area contributed by atoms with Crippen molar-refractivity contribution in [3.05, 3.63) is 0 Å². The number of hydrogen-bond acceptors (Lipinski definition) is 1. The summed E-state index contributed by atoms with van der Waals surface area (Å²) in [6.07, 6.45) is 3.78. The van der Waals surface area contributed by atoms with Crippen molar-refractivity contribution >= 4 is 0 Å². The zero-order valence-electron chi connectivity index (χ0n) is 6.51. The molecule has 3 atom stereocenters. The SMILES string of the molecule is CN1CC2CCC1CC2[NH]. The molecule has 1 radical (unpaired) electrons. The van der Waals surface area contributed by atoms with Crippen LogP contribution in [0.2, 0.25) is 0 Å². The molecule has 0 spiro atoms. The smallest absolute Gasteiger partial charge is 0.0268 e. The number of hydrogen-bond donors (Lipinski definition) is 0. The van der Waals surface area contributed by atoms with Gasteiger partial charge in [-0.05, 0) is 32.2 Å². The van der Waals surface area contributed by atoms with Gasteiger partial charge >= 0.3 is 0 Å². The Morgan fingerprint density at radius 3 is 2.50 bits per heavy atom. The summed E-state index contributed by atoms with van der Waals surface area (Å²) in [7, 11) is 2.20. The Morgan fingerprint density at radius 2 is 2.20 bits per heavy atom. The maximum Gasteiger partial charge on any atom is 0.0268 e. The van der Waals surface area contributed by atoms with Gasteiger partial charge in [-0.1, -0.05) is 0 Å². The summed E-state index contributed by atoms with van der Waals surface area (Å²) in [6.45, 7) is 1.18. The first-order valence-corrected chi connectivity index (χ1v) is 4.18. The van der Waals surface area contributed by atoms with E-state index in [9.17, 15) is 0 Å². The molecule has 0 amide bonds. The van der Waals surface area contributed by atoms with E-state index in [-0.39, 0.29) is 6.04 Å². The molecule has 2 aliphatic heterocycles. The highest BCUT2D eigenvalue weighted by Gasteiger charge is 2.36. The van der Waals surface area contributed by atoms with Crippen molar-refractivity contribution < 1.29 is 0 Å². The van der Waals surface area contributed by atoms with Crippen molar-refractivity contribution in [1.29, 1.82) is 0 Å². The number of nitrogens with one attached hydrogen (secondary N) is 1. The first-order chi connectivity index (χ1) is 4.77. The fraction of sp³-hybridized carbons (Fsp3) is 1.00. The largest absolute Gasteiger partial charge is 0.303 e. The van der Waals surface area contributed by atoms with Crippen molar-refractivity contribution in [3.63, 3.8) is 0 Å². The maximum absolute atomic E-state index is 7.72. The van der Waals surface area contributed by atoms with Gasteiger partial charge in [-0.3, -0.25) is 5.73 Å². The minimum atomic E-state index is 0.259. The lowest BCUT2D eigenvalue weighted by Crippen LogP contribution is -2.52. The molecule has 3 aliphatic rings. The number of nitrogens with zero attached hydrogens (tertiary/aromatic N) is 1. The van der Waals surface area contributed by atoms with E-state index in [0.717, 1.165) is 12.5 Å². The van der Waals surface area contributed by atoms with Crippen LogP contribution in [0.3, 0.4) is 0 Å². The van der Waals surface area contributed by atoms with E-state index in [1.807, 2.05) is 0 Å². The summed E-state index contributed by atoms with van der Waals surface area (Å²) in [6, 6.07) is 1.00. The Kier molecular flexibility index (Phi) is 1.46. The molecule has 0 aromatic rings. The highest BCUT2D eigenvalue weighted by atomic mass is 15.2. The van der Waals surface area contributed by atoms with Gasteiger partial charge in [0.05, 0.1) is 0 Å². The predicted molar refractivity (Wildman–Crippen MR) is 40.6 cm³/mol. The van der Waals surface area contributed by atoms with Crippen LogP contribution in [0.5, 0.6) is 0 Å². The summed E-state index contributed by atoms with van der Waals surface area (Å²) in [5.41, 5.74) is 7.72. The highest BCUT2D eigenvalue weighted by molar-refractivity contribution is 4.93. The minimum Gasteiger partial charge on any atom is -0.303 e. The normalized spacial score (nSPS) is 48.0. The van der Waals surface area contributed by atoms with Crippen LogP contribution < -0.4 is 5.73 Å². The monoisotopic (exact) mass is 139 g/mol. The van der Waals surface area contributed by atoms with E-state index in [0.29, 0.717) is 5.92 Å². The van der Waals surface area contributed by atoms with Crippen molar-refractivity contribution in [3.8, 4) is 0 Å². The summed E-state index contributed by atoms with van der Waals surface area (Å²) in [4.78, 5) is 2.43. The molecule has 2 saturated heterocycles. The average molecular weight is 139 g/mol. The third kappa shape index (κ3) is 0.867. The van der Waals surface area contributed by atoms with E-state index in [1.54, 1.807) is 0 Å². The molecule has 1 N–H and O–H groups in total. The zero-order chi connectivity index (χ0) is 7.14. The lowest BCUT2D eigenvalue weighted by atomic mass is 9.77. The molecule has 3 unspecified atom stereocenters. The van der Waals surface area contributed by atoms with Gasteiger partial charge in [-0.2, -0.15) is 0 Å². The second kappa shape index (κ2) is 2.21. The Bertz CT molecular complexity index is 119. The molecule has 3 rings (SSSR count). The fourth-order valence-corrected chi connectivity index (χ4v) is 2.35. The van der Waals surface area contributed by atoms with Crippen LogP contribution in [-0.2, 0) is 0 Å². The molecule has 2 heteroatoms. The van der Waals surface area contributed by atoms with E-state index in [1.165, 1.54) is 19.4 Å². The Morgan fingerprint density at radius 1 is 1.40 bits per heavy atom. The molecular weight excluding hydrogens is 124 g/mol. The van der Waals surface area contributed by atoms with Gasteiger partial charge in [-0.25, -0.2) is 0 Å². The van der Waals surface area contributed by atoms with Crippen LogP contribution in [0.4, 0.5) is 0 Å². The second-order valence-corrected chi connectivity index (χ2v) is 3.77. The Hall–Kier alpha value is -0.0800. The molecule has 2 nitrogen and oxygen atoms in total. The lowest BCUT2D eigenvalue weighted by Gasteiger charge is -2.46. The van der Waals surface area contributed by atoms with Gasteiger partial charge < -0.3 is 4.90 Å². The van der Waals surface area contributed by atoms with Gasteiger partial charge in [-0.15, -0.1) is 0 Å². The van der Waals surface area contributed by atoms with Crippen LogP contribution in [0, 0.1) is 5.92 Å². The van der Waals surface area contributed by atoms with E-state index < -0.39 is 0 Å². The maximum atomic E-state index is 7.72. The number of rotatable bonds is 0. The summed E-state index contributed by atoms with van der Waals surface area (Å²) < 4.78 is 0. The van der Waals surface area contributed by atoms with Crippen LogP contribution in [-0.4, -0.2) is 30.6 Å². The van der Waals surface area contributed by atoms with Crippen LogP contribution in [0.25, 0.3) is 0 Å². The standard InChI is InChI=1S/C8H15N2/c1-10-5-6-2-3-7(10)4-8(6)9/h6-9H,2-5H2,1H3. The summed E-state index contributed by atoms with van der Waals surface area (Å²) >= 11 is 0. The van der Waals surface area contributed by atoms with Gasteiger partial charge in [0.15, 0.2) is 0 Å². The highest BCUT2D eigenvalue weighted by Crippen LogP contribution is 2.33. The lowest BCUT2D eigenvalue weighted by molar-refractivity contribution is 0.0532. The molecule has 0 aromatic heterocycles. The summed E-state index contributed by atoms with van der Waals surface area (Å²) in [5, 5.41) is 0. The van der Waals surface area contributed by atoms with Crippen LogP contribution >= 0.6 is 0 Å². The first kappa shape index (κ1) is 6.62. The predicted octanol–water partition coefficient (Wildman–Crippen LogP) is 0.752. The van der Waals surface area contributed by atoms with Crippen molar-refractivity contribution in [2.75, 3.05) is 13.6 Å². The first-order valence-electron chi connectivity index (χ1n) is 4.18. The van der Waals surface area contributed by atoms with Crippen molar-refractivity contribution in [1.82, 2.24) is 10.6 Å². The molecular formula is C8H15N2. The third-order valence-corrected chi connectivity index (χ3v) is 3.11. The topological polar surface area (TPSA) is 27.0 Å². The van der Waals surface area contributed by atoms with E-state index in [4.69, 9.17) is 5.73 Å². The van der Waals surface area contributed by atoms with E-state index in [2.05, 4.69) is 11.9 Å². The zero-order valence-corrected chi connectivity index (χ0v) is 6.51. The Balaban J connectivity index is 2.09. The van der Waals surface area contributed by atoms with Crippen LogP contribution in [0.1, 0.15) is 19.3 Å². The Labute approximate surface area is 62.4 Å². The quantitative estimate of drug-likeness (QED) is 0.486. The number of piperidine rings is 2. The minimum absolute atomic E-state index is 0.259. The molecule has 1 aliphatic carbocycles. The molecule has 0 aromatic carbocycles. The molecule has 2 bridgehead atoms. The van der Waals surface area contributed by atoms with Gasteiger partial charge in [0.1, 0.15) is 0 Å². The van der Waals surface area contributed by atoms with Gasteiger partial charge in [0, 0.05) is 18.6 Å². The summed E-state index contributed by atoms with van der Waals surface area (Å²) in [5.74, 6) is 0.690. The molecule has 2 heterocycles. The molecule has 1 saturated carbocycles.